The highest BCUT2D eigenvalue weighted by Crippen LogP contribution is 2.33. The summed E-state index contributed by atoms with van der Waals surface area (Å²) in [4.78, 5) is 18.5. The molecule has 1 aliphatic rings. The summed E-state index contributed by atoms with van der Waals surface area (Å²) in [6.07, 6.45) is 0.844. The normalized spacial score (nSPS) is 15.4. The first-order valence-corrected chi connectivity index (χ1v) is 9.26. The average molecular weight is 402 g/mol. The molecule has 6 heteroatoms. The standard InChI is InChI=1S/C19H20BrN3O2/c1-10(17-11(2)22-25-12(17)3)19(24)23-8-7-16-14(9-23)13-5-4-6-15(20)18(13)21-16/h4-6,10,21H,7-9H2,1-3H3. The molecule has 5 nitrogen and oxygen atoms in total. The zero-order valence-corrected chi connectivity index (χ0v) is 16.1. The molecule has 1 unspecified atom stereocenters. The second-order valence-corrected chi connectivity index (χ2v) is 7.57. The Bertz CT molecular complexity index is 953. The Morgan fingerprint density at radius 1 is 1.40 bits per heavy atom. The summed E-state index contributed by atoms with van der Waals surface area (Å²) in [7, 11) is 0. The molecular weight excluding hydrogens is 382 g/mol. The van der Waals surface area contributed by atoms with E-state index in [-0.39, 0.29) is 11.8 Å². The number of rotatable bonds is 2. The van der Waals surface area contributed by atoms with Gasteiger partial charge in [-0.2, -0.15) is 0 Å². The van der Waals surface area contributed by atoms with E-state index in [1.165, 1.54) is 16.6 Å². The maximum absolute atomic E-state index is 13.1. The van der Waals surface area contributed by atoms with E-state index in [9.17, 15) is 4.79 Å². The lowest BCUT2D eigenvalue weighted by atomic mass is 9.96. The highest BCUT2D eigenvalue weighted by molar-refractivity contribution is 9.10. The maximum Gasteiger partial charge on any atom is 0.230 e. The Hall–Kier alpha value is -2.08. The lowest BCUT2D eigenvalue weighted by molar-refractivity contribution is -0.133. The van der Waals surface area contributed by atoms with Crippen LogP contribution in [0.4, 0.5) is 0 Å². The van der Waals surface area contributed by atoms with Gasteiger partial charge in [-0.3, -0.25) is 4.79 Å². The van der Waals surface area contributed by atoms with Crippen LogP contribution in [0.2, 0.25) is 0 Å². The summed E-state index contributed by atoms with van der Waals surface area (Å²) in [5, 5.41) is 5.17. The van der Waals surface area contributed by atoms with Crippen molar-refractivity contribution in [1.29, 1.82) is 0 Å². The highest BCUT2D eigenvalue weighted by Gasteiger charge is 2.30. The Kier molecular flexibility index (Phi) is 3.95. The van der Waals surface area contributed by atoms with E-state index in [0.29, 0.717) is 6.54 Å². The van der Waals surface area contributed by atoms with Gasteiger partial charge < -0.3 is 14.4 Å². The minimum absolute atomic E-state index is 0.129. The molecule has 130 valence electrons. The largest absolute Gasteiger partial charge is 0.361 e. The van der Waals surface area contributed by atoms with Crippen molar-refractivity contribution in [1.82, 2.24) is 15.0 Å². The van der Waals surface area contributed by atoms with Crippen LogP contribution in [0.5, 0.6) is 0 Å². The molecule has 0 saturated heterocycles. The first kappa shape index (κ1) is 16.4. The van der Waals surface area contributed by atoms with Crippen LogP contribution in [0, 0.1) is 13.8 Å². The fourth-order valence-electron chi connectivity index (χ4n) is 3.90. The lowest BCUT2D eigenvalue weighted by Crippen LogP contribution is -2.38. The molecule has 0 saturated carbocycles. The molecule has 4 rings (SSSR count). The number of aryl methyl sites for hydroxylation is 2. The number of fused-ring (bicyclic) bond motifs is 3. The Morgan fingerprint density at radius 2 is 2.20 bits per heavy atom. The van der Waals surface area contributed by atoms with Gasteiger partial charge in [0.25, 0.3) is 0 Å². The number of carbonyl (C=O) groups excluding carboxylic acids is 1. The van der Waals surface area contributed by atoms with Gasteiger partial charge in [0.2, 0.25) is 5.91 Å². The summed E-state index contributed by atoms with van der Waals surface area (Å²) in [5.41, 5.74) is 5.28. The van der Waals surface area contributed by atoms with Crippen molar-refractivity contribution < 1.29 is 9.32 Å². The third-order valence-corrected chi connectivity index (χ3v) is 5.82. The number of para-hydroxylation sites is 1. The summed E-state index contributed by atoms with van der Waals surface area (Å²) < 4.78 is 6.29. The van der Waals surface area contributed by atoms with Crippen molar-refractivity contribution in [2.75, 3.05) is 6.54 Å². The van der Waals surface area contributed by atoms with E-state index < -0.39 is 0 Å². The Morgan fingerprint density at radius 3 is 2.92 bits per heavy atom. The fraction of sp³-hybridized carbons (Fsp3) is 0.368. The summed E-state index contributed by atoms with van der Waals surface area (Å²) in [6, 6.07) is 6.18. The number of amides is 1. The van der Waals surface area contributed by atoms with Gasteiger partial charge in [0.15, 0.2) is 0 Å². The van der Waals surface area contributed by atoms with Gasteiger partial charge >= 0.3 is 0 Å². The van der Waals surface area contributed by atoms with Gasteiger partial charge in [-0.25, -0.2) is 0 Å². The molecule has 1 aliphatic heterocycles. The van der Waals surface area contributed by atoms with E-state index in [1.807, 2.05) is 37.8 Å². The van der Waals surface area contributed by atoms with Crippen molar-refractivity contribution in [3.05, 3.63) is 50.9 Å². The van der Waals surface area contributed by atoms with Crippen LogP contribution >= 0.6 is 15.9 Å². The van der Waals surface area contributed by atoms with Gasteiger partial charge in [0.05, 0.1) is 17.1 Å². The van der Waals surface area contributed by atoms with Crippen LogP contribution in [0.3, 0.4) is 0 Å². The monoisotopic (exact) mass is 401 g/mol. The Labute approximate surface area is 154 Å². The van der Waals surface area contributed by atoms with Crippen molar-refractivity contribution in [3.8, 4) is 0 Å². The molecule has 3 aromatic rings. The number of hydrogen-bond acceptors (Lipinski definition) is 3. The zero-order chi connectivity index (χ0) is 17.7. The summed E-state index contributed by atoms with van der Waals surface area (Å²) in [5.74, 6) is 0.612. The number of nitrogens with zero attached hydrogens (tertiary/aromatic N) is 2. The lowest BCUT2D eigenvalue weighted by Gasteiger charge is -2.29. The molecule has 0 radical (unpaired) electrons. The number of benzene rings is 1. The first-order valence-electron chi connectivity index (χ1n) is 8.47. The molecule has 25 heavy (non-hydrogen) atoms. The summed E-state index contributed by atoms with van der Waals surface area (Å²) in [6.45, 7) is 7.06. The number of H-pyrrole nitrogens is 1. The molecule has 0 bridgehead atoms. The topological polar surface area (TPSA) is 62.1 Å². The molecule has 2 aromatic heterocycles. The number of hydrogen-bond donors (Lipinski definition) is 1. The van der Waals surface area contributed by atoms with Crippen LogP contribution < -0.4 is 0 Å². The quantitative estimate of drug-likeness (QED) is 0.698. The number of aromatic amines is 1. The Balaban J connectivity index is 1.65. The summed E-state index contributed by atoms with van der Waals surface area (Å²) >= 11 is 3.60. The molecule has 3 heterocycles. The molecule has 1 aromatic carbocycles. The molecule has 1 N–H and O–H groups in total. The maximum atomic E-state index is 13.1. The van der Waals surface area contributed by atoms with Gasteiger partial charge in [0, 0.05) is 46.2 Å². The van der Waals surface area contributed by atoms with Crippen molar-refractivity contribution in [3.63, 3.8) is 0 Å². The van der Waals surface area contributed by atoms with E-state index in [2.05, 4.69) is 32.1 Å². The average Bonchev–Trinajstić information content (AvgIpc) is 3.14. The van der Waals surface area contributed by atoms with Crippen LogP contribution in [0.25, 0.3) is 10.9 Å². The van der Waals surface area contributed by atoms with Crippen molar-refractivity contribution in [2.45, 2.75) is 39.7 Å². The van der Waals surface area contributed by atoms with E-state index in [1.54, 1.807) is 0 Å². The molecular formula is C19H20BrN3O2. The van der Waals surface area contributed by atoms with Crippen molar-refractivity contribution >= 4 is 32.7 Å². The van der Waals surface area contributed by atoms with Crippen LogP contribution in [-0.2, 0) is 17.8 Å². The van der Waals surface area contributed by atoms with Gasteiger partial charge in [0.1, 0.15) is 5.76 Å². The smallest absolute Gasteiger partial charge is 0.230 e. The van der Waals surface area contributed by atoms with E-state index >= 15 is 0 Å². The van der Waals surface area contributed by atoms with E-state index in [0.717, 1.165) is 40.0 Å². The molecule has 1 amide bonds. The third kappa shape index (κ3) is 2.59. The predicted molar refractivity (Wildman–Crippen MR) is 99.5 cm³/mol. The molecule has 1 atom stereocenters. The SMILES string of the molecule is Cc1noc(C)c1C(C)C(=O)N1CCc2[nH]c3c(Br)cccc3c2C1. The van der Waals surface area contributed by atoms with Gasteiger partial charge in [-0.05, 0) is 42.8 Å². The number of halogens is 1. The van der Waals surface area contributed by atoms with E-state index in [4.69, 9.17) is 4.52 Å². The minimum atomic E-state index is -0.246. The van der Waals surface area contributed by atoms with Crippen molar-refractivity contribution in [2.24, 2.45) is 0 Å². The van der Waals surface area contributed by atoms with Crippen LogP contribution in [0.1, 0.15) is 41.1 Å². The number of aromatic nitrogens is 2. The molecule has 0 spiro atoms. The second kappa shape index (κ2) is 6.02. The minimum Gasteiger partial charge on any atom is -0.361 e. The number of nitrogens with one attached hydrogen (secondary N) is 1. The van der Waals surface area contributed by atoms with Crippen LogP contribution in [0.15, 0.2) is 27.2 Å². The van der Waals surface area contributed by atoms with Gasteiger partial charge in [-0.15, -0.1) is 0 Å². The first-order chi connectivity index (χ1) is 12.0. The third-order valence-electron chi connectivity index (χ3n) is 5.16. The zero-order valence-electron chi connectivity index (χ0n) is 14.5. The second-order valence-electron chi connectivity index (χ2n) is 6.71. The molecule has 0 fully saturated rings. The molecule has 0 aliphatic carbocycles. The fourth-order valence-corrected chi connectivity index (χ4v) is 4.36. The van der Waals surface area contributed by atoms with Gasteiger partial charge in [-0.1, -0.05) is 17.3 Å². The number of carbonyl (C=O) groups is 1. The van der Waals surface area contributed by atoms with Crippen LogP contribution in [-0.4, -0.2) is 27.5 Å². The predicted octanol–water partition coefficient (Wildman–Crippen LogP) is 4.22. The highest BCUT2D eigenvalue weighted by atomic mass is 79.9.